The van der Waals surface area contributed by atoms with Crippen molar-refractivity contribution in [2.75, 3.05) is 24.6 Å². The van der Waals surface area contributed by atoms with Crippen molar-refractivity contribution in [2.24, 2.45) is 11.3 Å². The zero-order valence-electron chi connectivity index (χ0n) is 13.2. The summed E-state index contributed by atoms with van der Waals surface area (Å²) in [5.41, 5.74) is 0.0462. The zero-order chi connectivity index (χ0) is 16.3. The first-order valence-electron chi connectivity index (χ1n) is 7.58. The van der Waals surface area contributed by atoms with Crippen LogP contribution in [0.15, 0.2) is 24.3 Å². The molecular weight excluding hydrogens is 284 g/mol. The van der Waals surface area contributed by atoms with E-state index in [0.29, 0.717) is 31.8 Å². The van der Waals surface area contributed by atoms with Gasteiger partial charge >= 0.3 is 5.97 Å². The summed E-state index contributed by atoms with van der Waals surface area (Å²) >= 11 is 0. The molecular formula is C16H22N2O4. The highest BCUT2D eigenvalue weighted by Crippen LogP contribution is 2.42. The number of nitrogens with zero attached hydrogens (tertiary/aromatic N) is 2. The highest BCUT2D eigenvalue weighted by molar-refractivity contribution is 5.80. The molecule has 22 heavy (non-hydrogen) atoms. The van der Waals surface area contributed by atoms with E-state index in [1.807, 2.05) is 18.7 Å². The van der Waals surface area contributed by atoms with E-state index in [-0.39, 0.29) is 22.5 Å². The number of carbonyl (C=O) groups excluding carboxylic acids is 1. The third-order valence-corrected chi connectivity index (χ3v) is 4.51. The molecule has 2 rings (SSSR count). The lowest BCUT2D eigenvalue weighted by atomic mass is 9.76. The number of ether oxygens (including phenoxy) is 1. The van der Waals surface area contributed by atoms with E-state index < -0.39 is 5.41 Å². The van der Waals surface area contributed by atoms with Gasteiger partial charge in [-0.05, 0) is 25.3 Å². The van der Waals surface area contributed by atoms with Crippen molar-refractivity contribution in [3.63, 3.8) is 0 Å². The monoisotopic (exact) mass is 306 g/mol. The highest BCUT2D eigenvalue weighted by Gasteiger charge is 2.49. The van der Waals surface area contributed by atoms with E-state index in [1.165, 1.54) is 6.07 Å². The van der Waals surface area contributed by atoms with Crippen LogP contribution in [0.3, 0.4) is 0 Å². The molecule has 0 aliphatic carbocycles. The molecule has 1 aromatic carbocycles. The number of nitro benzene ring substituents is 1. The molecule has 0 bridgehead atoms. The molecule has 0 spiro atoms. The van der Waals surface area contributed by atoms with E-state index >= 15 is 0 Å². The second-order valence-corrected chi connectivity index (χ2v) is 5.95. The Bertz CT molecular complexity index is 573. The lowest BCUT2D eigenvalue weighted by molar-refractivity contribution is -0.384. The zero-order valence-corrected chi connectivity index (χ0v) is 13.2. The van der Waals surface area contributed by atoms with Crippen LogP contribution < -0.4 is 4.90 Å². The SMILES string of the molecule is CCOC(=O)C1(C(C)C)CCN(c2ccccc2[N+](=O)[O-])C1. The van der Waals surface area contributed by atoms with Gasteiger partial charge in [-0.2, -0.15) is 0 Å². The molecule has 1 unspecified atom stereocenters. The Kier molecular flexibility index (Phi) is 4.68. The van der Waals surface area contributed by atoms with Crippen molar-refractivity contribution in [3.8, 4) is 0 Å². The summed E-state index contributed by atoms with van der Waals surface area (Å²) in [5, 5.41) is 11.2. The number of anilines is 1. The number of para-hydroxylation sites is 2. The Morgan fingerprint density at radius 3 is 2.73 bits per heavy atom. The Balaban J connectivity index is 2.31. The molecule has 1 aliphatic heterocycles. The predicted octanol–water partition coefficient (Wildman–Crippen LogP) is 3.01. The number of hydrogen-bond acceptors (Lipinski definition) is 5. The van der Waals surface area contributed by atoms with Crippen molar-refractivity contribution < 1.29 is 14.5 Å². The van der Waals surface area contributed by atoms with Gasteiger partial charge in [0.15, 0.2) is 0 Å². The van der Waals surface area contributed by atoms with Crippen molar-refractivity contribution in [1.82, 2.24) is 0 Å². The molecule has 0 aromatic heterocycles. The summed E-state index contributed by atoms with van der Waals surface area (Å²) in [6.45, 7) is 7.20. The second-order valence-electron chi connectivity index (χ2n) is 5.95. The molecule has 0 N–H and O–H groups in total. The molecule has 6 nitrogen and oxygen atoms in total. The van der Waals surface area contributed by atoms with Crippen LogP contribution in [-0.2, 0) is 9.53 Å². The van der Waals surface area contributed by atoms with Crippen molar-refractivity contribution >= 4 is 17.3 Å². The Morgan fingerprint density at radius 2 is 2.14 bits per heavy atom. The first-order valence-corrected chi connectivity index (χ1v) is 7.58. The first kappa shape index (κ1) is 16.3. The minimum absolute atomic E-state index is 0.0749. The van der Waals surface area contributed by atoms with Crippen LogP contribution in [0.2, 0.25) is 0 Å². The largest absolute Gasteiger partial charge is 0.466 e. The molecule has 6 heteroatoms. The molecule has 1 aromatic rings. The van der Waals surface area contributed by atoms with Crippen LogP contribution in [-0.4, -0.2) is 30.6 Å². The molecule has 1 heterocycles. The fourth-order valence-electron chi connectivity index (χ4n) is 3.07. The molecule has 1 saturated heterocycles. The minimum Gasteiger partial charge on any atom is -0.466 e. The molecule has 1 fully saturated rings. The average Bonchev–Trinajstić information content (AvgIpc) is 2.94. The molecule has 0 amide bonds. The maximum Gasteiger partial charge on any atom is 0.314 e. The molecule has 0 radical (unpaired) electrons. The van der Waals surface area contributed by atoms with Crippen molar-refractivity contribution in [2.45, 2.75) is 27.2 Å². The van der Waals surface area contributed by atoms with E-state index in [4.69, 9.17) is 4.74 Å². The summed E-state index contributed by atoms with van der Waals surface area (Å²) in [5.74, 6) is -0.0922. The molecule has 0 saturated carbocycles. The van der Waals surface area contributed by atoms with Gasteiger partial charge in [-0.1, -0.05) is 26.0 Å². The number of nitro groups is 1. The lowest BCUT2D eigenvalue weighted by Gasteiger charge is -2.31. The van der Waals surface area contributed by atoms with Crippen LogP contribution >= 0.6 is 0 Å². The van der Waals surface area contributed by atoms with Gasteiger partial charge in [-0.25, -0.2) is 0 Å². The van der Waals surface area contributed by atoms with Gasteiger partial charge in [0, 0.05) is 19.2 Å². The number of rotatable bonds is 5. The standard InChI is InChI=1S/C16H22N2O4/c1-4-22-15(19)16(12(2)3)9-10-17(11-16)13-7-5-6-8-14(13)18(20)21/h5-8,12H,4,9-11H2,1-3H3. The fourth-order valence-corrected chi connectivity index (χ4v) is 3.07. The lowest BCUT2D eigenvalue weighted by Crippen LogP contribution is -2.40. The van der Waals surface area contributed by atoms with Gasteiger partial charge in [0.1, 0.15) is 5.69 Å². The summed E-state index contributed by atoms with van der Waals surface area (Å²) in [4.78, 5) is 25.2. The summed E-state index contributed by atoms with van der Waals surface area (Å²) in [7, 11) is 0. The van der Waals surface area contributed by atoms with Crippen LogP contribution in [0.5, 0.6) is 0 Å². The number of benzene rings is 1. The van der Waals surface area contributed by atoms with E-state index in [0.717, 1.165) is 0 Å². The van der Waals surface area contributed by atoms with Crippen LogP contribution in [0, 0.1) is 21.4 Å². The summed E-state index contributed by atoms with van der Waals surface area (Å²) in [6.07, 6.45) is 0.648. The molecule has 1 aliphatic rings. The van der Waals surface area contributed by atoms with Gasteiger partial charge in [0.05, 0.1) is 16.9 Å². The van der Waals surface area contributed by atoms with Gasteiger partial charge in [0.2, 0.25) is 0 Å². The van der Waals surface area contributed by atoms with Crippen LogP contribution in [0.4, 0.5) is 11.4 Å². The van der Waals surface area contributed by atoms with E-state index in [9.17, 15) is 14.9 Å². The Labute approximate surface area is 130 Å². The Hall–Kier alpha value is -2.11. The van der Waals surface area contributed by atoms with Gasteiger partial charge in [-0.15, -0.1) is 0 Å². The third-order valence-electron chi connectivity index (χ3n) is 4.51. The van der Waals surface area contributed by atoms with Gasteiger partial charge in [0.25, 0.3) is 5.69 Å². The average molecular weight is 306 g/mol. The van der Waals surface area contributed by atoms with E-state index in [2.05, 4.69) is 0 Å². The predicted molar refractivity (Wildman–Crippen MR) is 83.8 cm³/mol. The molecule has 120 valence electrons. The number of esters is 1. The van der Waals surface area contributed by atoms with Crippen molar-refractivity contribution in [1.29, 1.82) is 0 Å². The number of carbonyl (C=O) groups is 1. The quantitative estimate of drug-likeness (QED) is 0.475. The highest BCUT2D eigenvalue weighted by atomic mass is 16.6. The topological polar surface area (TPSA) is 72.7 Å². The normalized spacial score (nSPS) is 21.2. The maximum absolute atomic E-state index is 12.4. The van der Waals surface area contributed by atoms with Gasteiger partial charge < -0.3 is 9.64 Å². The smallest absolute Gasteiger partial charge is 0.314 e. The van der Waals surface area contributed by atoms with Crippen molar-refractivity contribution in [3.05, 3.63) is 34.4 Å². The summed E-state index contributed by atoms with van der Waals surface area (Å²) < 4.78 is 5.25. The Morgan fingerprint density at radius 1 is 1.45 bits per heavy atom. The first-order chi connectivity index (χ1) is 10.4. The van der Waals surface area contributed by atoms with Crippen LogP contribution in [0.1, 0.15) is 27.2 Å². The second kappa shape index (κ2) is 6.34. The molecule has 1 atom stereocenters. The third kappa shape index (κ3) is 2.77. The van der Waals surface area contributed by atoms with E-state index in [1.54, 1.807) is 25.1 Å². The van der Waals surface area contributed by atoms with Crippen LogP contribution in [0.25, 0.3) is 0 Å². The number of hydrogen-bond donors (Lipinski definition) is 0. The maximum atomic E-state index is 12.4. The minimum atomic E-state index is -0.597. The fraction of sp³-hybridized carbons (Fsp3) is 0.562. The van der Waals surface area contributed by atoms with Gasteiger partial charge in [-0.3, -0.25) is 14.9 Å². The summed E-state index contributed by atoms with van der Waals surface area (Å²) in [6, 6.07) is 6.66.